The smallest absolute Gasteiger partial charge is 0.329 e. The second-order valence-electron chi connectivity index (χ2n) is 5.18. The van der Waals surface area contributed by atoms with Gasteiger partial charge in [-0.3, -0.25) is 0 Å². The highest BCUT2D eigenvalue weighted by atomic mass is 19.4. The van der Waals surface area contributed by atoms with E-state index >= 15 is 0 Å². The van der Waals surface area contributed by atoms with E-state index in [0.29, 0.717) is 6.42 Å². The third kappa shape index (κ3) is 3.83. The predicted molar refractivity (Wildman–Crippen MR) is 63.6 cm³/mol. The normalized spacial score (nSPS) is 26.3. The Hall–Kier alpha value is -0.500. The van der Waals surface area contributed by atoms with Gasteiger partial charge in [0, 0.05) is 0 Å². The molecule has 0 spiro atoms. The first kappa shape index (κ1) is 18.5. The first-order valence-electron chi connectivity index (χ1n) is 7.08. The first-order valence-corrected chi connectivity index (χ1v) is 7.08. The van der Waals surface area contributed by atoms with Gasteiger partial charge in [0.2, 0.25) is 0 Å². The van der Waals surface area contributed by atoms with Gasteiger partial charge in [0.05, 0.1) is 12.2 Å². The molecule has 0 amide bonds. The van der Waals surface area contributed by atoms with Gasteiger partial charge in [0.15, 0.2) is 0 Å². The van der Waals surface area contributed by atoms with Crippen molar-refractivity contribution in [2.75, 3.05) is 0 Å². The molecular weight excluding hydrogens is 302 g/mol. The van der Waals surface area contributed by atoms with Crippen LogP contribution in [0.2, 0.25) is 0 Å². The summed E-state index contributed by atoms with van der Waals surface area (Å²) < 4.78 is 85.9. The van der Waals surface area contributed by atoms with Gasteiger partial charge >= 0.3 is 18.1 Å². The quantitative estimate of drug-likeness (QED) is 0.508. The topological polar surface area (TPSA) is 18.5 Å². The van der Waals surface area contributed by atoms with E-state index in [4.69, 9.17) is 0 Å². The number of unbranched alkanes of at least 4 members (excludes halogenated alkanes) is 3. The summed E-state index contributed by atoms with van der Waals surface area (Å²) in [6.45, 7) is 3.44. The molecule has 126 valence electrons. The van der Waals surface area contributed by atoms with Crippen molar-refractivity contribution in [2.24, 2.45) is 0 Å². The van der Waals surface area contributed by atoms with Crippen LogP contribution >= 0.6 is 0 Å². The lowest BCUT2D eigenvalue weighted by atomic mass is 10.0. The van der Waals surface area contributed by atoms with E-state index in [1.54, 1.807) is 0 Å². The molecule has 0 saturated carbocycles. The maximum absolute atomic E-state index is 12.9. The summed E-state index contributed by atoms with van der Waals surface area (Å²) in [7, 11) is 0. The van der Waals surface area contributed by atoms with Gasteiger partial charge in [-0.1, -0.05) is 39.5 Å². The Morgan fingerprint density at radius 1 is 0.810 bits per heavy atom. The molecule has 0 bridgehead atoms. The van der Waals surface area contributed by atoms with Crippen molar-refractivity contribution in [3.05, 3.63) is 0 Å². The van der Waals surface area contributed by atoms with Crippen molar-refractivity contribution in [3.63, 3.8) is 0 Å². The molecular formula is C13H20F6O2. The SMILES string of the molecule is CCCCCC[C@@H]1OC(C(F)(F)F)(C(F)(F)F)O[C@@H]1CC. The molecule has 1 aliphatic heterocycles. The standard InChI is InChI=1S/C13H20F6O2/c1-3-5-6-7-8-10-9(4-2)20-11(21-10,12(14,15)16)13(17,18)19/h9-10H,3-8H2,1-2H3/t9-,10+/m1/s1. The number of alkyl halides is 6. The Morgan fingerprint density at radius 2 is 1.33 bits per heavy atom. The Balaban J connectivity index is 2.86. The van der Waals surface area contributed by atoms with Crippen LogP contribution in [0.4, 0.5) is 26.3 Å². The number of halogens is 6. The second kappa shape index (κ2) is 6.73. The molecule has 0 unspecified atom stereocenters. The minimum atomic E-state index is -5.66. The van der Waals surface area contributed by atoms with Crippen LogP contribution < -0.4 is 0 Å². The summed E-state index contributed by atoms with van der Waals surface area (Å²) in [4.78, 5) is 0. The Labute approximate surface area is 119 Å². The number of hydrogen-bond acceptors (Lipinski definition) is 2. The van der Waals surface area contributed by atoms with Crippen molar-refractivity contribution in [2.45, 2.75) is 82.7 Å². The maximum Gasteiger partial charge on any atom is 0.453 e. The van der Waals surface area contributed by atoms with Crippen LogP contribution in [-0.4, -0.2) is 30.3 Å². The van der Waals surface area contributed by atoms with Gasteiger partial charge in [-0.25, -0.2) is 0 Å². The molecule has 2 atom stereocenters. The molecule has 1 heterocycles. The van der Waals surface area contributed by atoms with Gasteiger partial charge in [0.25, 0.3) is 0 Å². The lowest BCUT2D eigenvalue weighted by Gasteiger charge is -2.31. The van der Waals surface area contributed by atoms with Crippen molar-refractivity contribution < 1.29 is 35.8 Å². The fourth-order valence-corrected chi connectivity index (χ4v) is 2.40. The summed E-state index contributed by atoms with van der Waals surface area (Å²) >= 11 is 0. The zero-order valence-corrected chi connectivity index (χ0v) is 12.0. The number of rotatable bonds is 6. The van der Waals surface area contributed by atoms with Crippen LogP contribution in [0.5, 0.6) is 0 Å². The fraction of sp³-hybridized carbons (Fsp3) is 1.00. The third-order valence-corrected chi connectivity index (χ3v) is 3.54. The summed E-state index contributed by atoms with van der Waals surface area (Å²) in [6.07, 6.45) is -10.5. The van der Waals surface area contributed by atoms with Crippen molar-refractivity contribution in [1.82, 2.24) is 0 Å². The van der Waals surface area contributed by atoms with Gasteiger partial charge in [-0.15, -0.1) is 0 Å². The molecule has 0 aromatic carbocycles. The number of hydrogen-bond donors (Lipinski definition) is 0. The van der Waals surface area contributed by atoms with Crippen molar-refractivity contribution >= 4 is 0 Å². The van der Waals surface area contributed by atoms with Crippen LogP contribution in [0.3, 0.4) is 0 Å². The Morgan fingerprint density at radius 3 is 1.76 bits per heavy atom. The van der Waals surface area contributed by atoms with E-state index in [-0.39, 0.29) is 12.8 Å². The van der Waals surface area contributed by atoms with Crippen LogP contribution in [0, 0.1) is 0 Å². The van der Waals surface area contributed by atoms with Crippen molar-refractivity contribution in [1.29, 1.82) is 0 Å². The highest BCUT2D eigenvalue weighted by molar-refractivity contribution is 4.95. The first-order chi connectivity index (χ1) is 9.59. The van der Waals surface area contributed by atoms with Crippen LogP contribution in [0.25, 0.3) is 0 Å². The molecule has 1 saturated heterocycles. The molecule has 0 aromatic rings. The van der Waals surface area contributed by atoms with Crippen LogP contribution in [-0.2, 0) is 9.47 Å². The minimum Gasteiger partial charge on any atom is -0.329 e. The van der Waals surface area contributed by atoms with Gasteiger partial charge in [0.1, 0.15) is 0 Å². The zero-order valence-electron chi connectivity index (χ0n) is 12.0. The average molecular weight is 322 g/mol. The van der Waals surface area contributed by atoms with Gasteiger partial charge in [-0.05, 0) is 12.8 Å². The minimum absolute atomic E-state index is 0.0341. The van der Waals surface area contributed by atoms with E-state index in [1.165, 1.54) is 6.92 Å². The molecule has 21 heavy (non-hydrogen) atoms. The molecule has 1 fully saturated rings. The lowest BCUT2D eigenvalue weighted by Crippen LogP contribution is -2.58. The Bertz CT molecular complexity index is 312. The van der Waals surface area contributed by atoms with E-state index in [1.807, 2.05) is 6.92 Å². The van der Waals surface area contributed by atoms with E-state index in [2.05, 4.69) is 9.47 Å². The molecule has 1 rings (SSSR count). The molecule has 0 N–H and O–H groups in total. The van der Waals surface area contributed by atoms with E-state index in [0.717, 1.165) is 19.3 Å². The molecule has 1 aliphatic rings. The van der Waals surface area contributed by atoms with E-state index in [9.17, 15) is 26.3 Å². The zero-order chi connectivity index (χ0) is 16.3. The van der Waals surface area contributed by atoms with E-state index < -0.39 is 30.3 Å². The lowest BCUT2D eigenvalue weighted by molar-refractivity contribution is -0.446. The largest absolute Gasteiger partial charge is 0.453 e. The summed E-state index contributed by atoms with van der Waals surface area (Å²) in [5.41, 5.74) is 0. The summed E-state index contributed by atoms with van der Waals surface area (Å²) in [5.74, 6) is -4.49. The molecule has 2 nitrogen and oxygen atoms in total. The molecule has 0 aliphatic carbocycles. The third-order valence-electron chi connectivity index (χ3n) is 3.54. The molecule has 8 heteroatoms. The van der Waals surface area contributed by atoms with Crippen LogP contribution in [0.15, 0.2) is 0 Å². The highest BCUT2D eigenvalue weighted by Gasteiger charge is 2.78. The monoisotopic (exact) mass is 322 g/mol. The van der Waals surface area contributed by atoms with Crippen molar-refractivity contribution in [3.8, 4) is 0 Å². The highest BCUT2D eigenvalue weighted by Crippen LogP contribution is 2.52. The second-order valence-corrected chi connectivity index (χ2v) is 5.18. The average Bonchev–Trinajstić information content (AvgIpc) is 2.74. The predicted octanol–water partition coefficient (Wildman–Crippen LogP) is 4.97. The molecule has 0 radical (unpaired) electrons. The molecule has 0 aromatic heterocycles. The summed E-state index contributed by atoms with van der Waals surface area (Å²) in [6, 6.07) is 0. The fourth-order valence-electron chi connectivity index (χ4n) is 2.40. The maximum atomic E-state index is 12.9. The van der Waals surface area contributed by atoms with Gasteiger partial charge < -0.3 is 9.47 Å². The summed E-state index contributed by atoms with van der Waals surface area (Å²) in [5, 5.41) is 0. The Kier molecular flexibility index (Phi) is 5.94. The van der Waals surface area contributed by atoms with Crippen LogP contribution in [0.1, 0.15) is 52.4 Å². The number of ether oxygens (including phenoxy) is 2. The van der Waals surface area contributed by atoms with Gasteiger partial charge in [-0.2, -0.15) is 26.3 Å².